The fourth-order valence-electron chi connectivity index (χ4n) is 3.56. The Kier molecular flexibility index (Phi) is 4.22. The zero-order valence-electron chi connectivity index (χ0n) is 11.6. The molecule has 1 saturated carbocycles. The third kappa shape index (κ3) is 2.82. The quantitative estimate of drug-likeness (QED) is 0.760. The van der Waals surface area contributed by atoms with Crippen LogP contribution >= 0.6 is 15.9 Å². The predicted octanol–water partition coefficient (Wildman–Crippen LogP) is 4.16. The molecule has 2 aliphatic rings. The van der Waals surface area contributed by atoms with Gasteiger partial charge in [-0.15, -0.1) is 0 Å². The molecule has 4 heteroatoms. The maximum Gasteiger partial charge on any atom is 0.185 e. The first kappa shape index (κ1) is 14.2. The van der Waals surface area contributed by atoms with Crippen LogP contribution in [0.4, 0.5) is 0 Å². The van der Waals surface area contributed by atoms with E-state index in [1.807, 2.05) is 12.1 Å². The number of hydrogen-bond acceptors (Lipinski definition) is 3. The lowest BCUT2D eigenvalue weighted by Gasteiger charge is -2.43. The Balaban J connectivity index is 1.77. The van der Waals surface area contributed by atoms with Gasteiger partial charge in [-0.3, -0.25) is 9.78 Å². The summed E-state index contributed by atoms with van der Waals surface area (Å²) in [5, 5.41) is 0. The summed E-state index contributed by atoms with van der Waals surface area (Å²) in [4.78, 5) is 16.9. The minimum atomic E-state index is -0.0297. The van der Waals surface area contributed by atoms with Crippen LogP contribution < -0.4 is 0 Å². The topological polar surface area (TPSA) is 39.2 Å². The number of halogens is 1. The van der Waals surface area contributed by atoms with Gasteiger partial charge in [-0.25, -0.2) is 0 Å². The lowest BCUT2D eigenvalue weighted by molar-refractivity contribution is -0.111. The summed E-state index contributed by atoms with van der Waals surface area (Å²) in [6.07, 6.45) is 9.37. The Morgan fingerprint density at radius 2 is 2.15 bits per heavy atom. The maximum atomic E-state index is 12.7. The number of nitrogens with zero attached hydrogens (tertiary/aromatic N) is 1. The highest BCUT2D eigenvalue weighted by Crippen LogP contribution is 2.41. The summed E-state index contributed by atoms with van der Waals surface area (Å²) >= 11 is 3.44. The van der Waals surface area contributed by atoms with E-state index in [2.05, 4.69) is 20.9 Å². The molecular weight excluding hydrogens is 318 g/mol. The van der Waals surface area contributed by atoms with Crippen LogP contribution in [0.25, 0.3) is 0 Å². The van der Waals surface area contributed by atoms with Gasteiger partial charge in [-0.05, 0) is 53.7 Å². The Labute approximate surface area is 128 Å². The van der Waals surface area contributed by atoms with Crippen molar-refractivity contribution in [3.8, 4) is 0 Å². The van der Waals surface area contributed by atoms with Gasteiger partial charge in [0, 0.05) is 23.2 Å². The predicted molar refractivity (Wildman–Crippen MR) is 80.8 cm³/mol. The van der Waals surface area contributed by atoms with E-state index in [4.69, 9.17) is 4.74 Å². The fourth-order valence-corrected chi connectivity index (χ4v) is 4.01. The van der Waals surface area contributed by atoms with Gasteiger partial charge in [0.15, 0.2) is 5.78 Å². The third-order valence-electron chi connectivity index (χ3n) is 4.62. The number of carbonyl (C=O) groups excluding carboxylic acids is 1. The van der Waals surface area contributed by atoms with Gasteiger partial charge in [-0.2, -0.15) is 0 Å². The Morgan fingerprint density at radius 3 is 2.90 bits per heavy atom. The third-order valence-corrected chi connectivity index (χ3v) is 5.26. The van der Waals surface area contributed by atoms with E-state index in [0.29, 0.717) is 12.3 Å². The second-order valence-electron chi connectivity index (χ2n) is 5.98. The Bertz CT molecular complexity index is 491. The number of aromatic nitrogens is 1. The van der Waals surface area contributed by atoms with Gasteiger partial charge in [0.25, 0.3) is 0 Å². The second-order valence-corrected chi connectivity index (χ2v) is 6.83. The highest BCUT2D eigenvalue weighted by Gasteiger charge is 2.41. The van der Waals surface area contributed by atoms with Gasteiger partial charge in [0.2, 0.25) is 0 Å². The van der Waals surface area contributed by atoms with Crippen LogP contribution in [-0.2, 0) is 4.74 Å². The number of carbonyl (C=O) groups is 1. The molecule has 1 aliphatic heterocycles. The van der Waals surface area contributed by atoms with Crippen molar-refractivity contribution in [2.45, 2.75) is 50.5 Å². The lowest BCUT2D eigenvalue weighted by atomic mass is 9.74. The van der Waals surface area contributed by atoms with Crippen molar-refractivity contribution in [2.24, 2.45) is 5.92 Å². The van der Waals surface area contributed by atoms with Crippen molar-refractivity contribution in [1.82, 2.24) is 4.98 Å². The van der Waals surface area contributed by atoms with Crippen LogP contribution in [0.15, 0.2) is 22.8 Å². The molecule has 0 aromatic carbocycles. The highest BCUT2D eigenvalue weighted by atomic mass is 79.9. The molecule has 1 unspecified atom stereocenters. The van der Waals surface area contributed by atoms with Crippen molar-refractivity contribution in [3.63, 3.8) is 0 Å². The molecule has 1 aromatic rings. The van der Waals surface area contributed by atoms with Gasteiger partial charge in [-0.1, -0.05) is 19.3 Å². The van der Waals surface area contributed by atoms with Gasteiger partial charge >= 0.3 is 0 Å². The fraction of sp³-hybridized carbons (Fsp3) is 0.625. The monoisotopic (exact) mass is 337 g/mol. The summed E-state index contributed by atoms with van der Waals surface area (Å²) in [5.41, 5.74) is 0.545. The van der Waals surface area contributed by atoms with Gasteiger partial charge < -0.3 is 4.74 Å². The van der Waals surface area contributed by atoms with Crippen molar-refractivity contribution in [3.05, 3.63) is 28.5 Å². The maximum absolute atomic E-state index is 12.7. The minimum absolute atomic E-state index is 0.0297. The SMILES string of the molecule is O=C(c1ncccc1Br)C1CCOC2(CCCCC2)C1. The molecule has 1 saturated heterocycles. The minimum Gasteiger partial charge on any atom is -0.375 e. The molecule has 0 bridgehead atoms. The molecule has 2 fully saturated rings. The van der Waals surface area contributed by atoms with E-state index in [1.165, 1.54) is 19.3 Å². The summed E-state index contributed by atoms with van der Waals surface area (Å²) in [6.45, 7) is 0.709. The number of Topliss-reactive ketones (excluding diaryl/α,β-unsaturated/α-hetero) is 1. The van der Waals surface area contributed by atoms with E-state index in [0.717, 1.165) is 30.2 Å². The van der Waals surface area contributed by atoms with E-state index in [-0.39, 0.29) is 17.3 Å². The van der Waals surface area contributed by atoms with Gasteiger partial charge in [0.05, 0.1) is 5.60 Å². The molecule has 1 spiro atoms. The molecule has 1 aromatic heterocycles. The largest absolute Gasteiger partial charge is 0.375 e. The Hall–Kier alpha value is -0.740. The van der Waals surface area contributed by atoms with Crippen molar-refractivity contribution in [1.29, 1.82) is 0 Å². The molecule has 1 atom stereocenters. The van der Waals surface area contributed by atoms with Crippen LogP contribution in [-0.4, -0.2) is 23.0 Å². The first-order valence-corrected chi connectivity index (χ1v) is 8.28. The zero-order valence-corrected chi connectivity index (χ0v) is 13.2. The molecule has 2 heterocycles. The summed E-state index contributed by atoms with van der Waals surface area (Å²) in [5.74, 6) is 0.235. The highest BCUT2D eigenvalue weighted by molar-refractivity contribution is 9.10. The van der Waals surface area contributed by atoms with Crippen molar-refractivity contribution < 1.29 is 9.53 Å². The van der Waals surface area contributed by atoms with E-state index in [1.54, 1.807) is 6.20 Å². The standard InChI is InChI=1S/C16H20BrNO2/c17-13-5-4-9-18-14(13)15(19)12-6-10-20-16(11-12)7-2-1-3-8-16/h4-5,9,12H,1-3,6-8,10-11H2. The normalized spacial score (nSPS) is 25.6. The number of rotatable bonds is 2. The number of ketones is 1. The molecule has 0 radical (unpaired) electrons. The van der Waals surface area contributed by atoms with Crippen LogP contribution in [0.2, 0.25) is 0 Å². The first-order valence-electron chi connectivity index (χ1n) is 7.49. The molecule has 20 heavy (non-hydrogen) atoms. The molecule has 3 nitrogen and oxygen atoms in total. The number of ether oxygens (including phenoxy) is 1. The number of pyridine rings is 1. The summed E-state index contributed by atoms with van der Waals surface area (Å²) in [7, 11) is 0. The second kappa shape index (κ2) is 5.94. The van der Waals surface area contributed by atoms with Crippen LogP contribution in [0.3, 0.4) is 0 Å². The Morgan fingerprint density at radius 1 is 1.35 bits per heavy atom. The smallest absolute Gasteiger partial charge is 0.185 e. The van der Waals surface area contributed by atoms with Crippen molar-refractivity contribution >= 4 is 21.7 Å². The average molecular weight is 338 g/mol. The van der Waals surface area contributed by atoms with E-state index < -0.39 is 0 Å². The summed E-state index contributed by atoms with van der Waals surface area (Å²) in [6, 6.07) is 3.73. The van der Waals surface area contributed by atoms with Crippen LogP contribution in [0.5, 0.6) is 0 Å². The molecule has 3 rings (SSSR count). The van der Waals surface area contributed by atoms with Crippen LogP contribution in [0.1, 0.15) is 55.4 Å². The molecule has 108 valence electrons. The molecule has 0 amide bonds. The first-order chi connectivity index (χ1) is 9.70. The van der Waals surface area contributed by atoms with E-state index in [9.17, 15) is 4.79 Å². The molecule has 1 aliphatic carbocycles. The van der Waals surface area contributed by atoms with Crippen LogP contribution in [0, 0.1) is 5.92 Å². The molecule has 0 N–H and O–H groups in total. The number of hydrogen-bond donors (Lipinski definition) is 0. The average Bonchev–Trinajstić information content (AvgIpc) is 2.48. The molecular formula is C16H20BrNO2. The lowest BCUT2D eigenvalue weighted by Crippen LogP contribution is -2.43. The zero-order chi connectivity index (χ0) is 14.0. The van der Waals surface area contributed by atoms with Gasteiger partial charge in [0.1, 0.15) is 5.69 Å². The van der Waals surface area contributed by atoms with E-state index >= 15 is 0 Å². The summed E-state index contributed by atoms with van der Waals surface area (Å²) < 4.78 is 6.87. The van der Waals surface area contributed by atoms with Crippen molar-refractivity contribution in [2.75, 3.05) is 6.61 Å².